The van der Waals surface area contributed by atoms with Crippen LogP contribution in [-0.4, -0.2) is 64.9 Å². The molecule has 0 aliphatic rings. The summed E-state index contributed by atoms with van der Waals surface area (Å²) in [4.78, 5) is 45.9. The average molecular weight is 832 g/mol. The lowest BCUT2D eigenvalue weighted by atomic mass is 10.1. The fraction of sp³-hybridized carbons (Fsp3) is 0.587. The van der Waals surface area contributed by atoms with Gasteiger partial charge < -0.3 is 25.2 Å². The van der Waals surface area contributed by atoms with Gasteiger partial charge in [0.25, 0.3) is 0 Å². The molecule has 0 saturated heterocycles. The number of aliphatic hydroxyl groups is 1. The summed E-state index contributed by atoms with van der Waals surface area (Å²) in [6.07, 6.45) is 50.1. The predicted molar refractivity (Wildman–Crippen MR) is 235 cm³/mol. The molecule has 12 heteroatoms. The Morgan fingerprint density at radius 1 is 0.552 bits per heavy atom. The number of aliphatic hydroxyl groups excluding tert-OH is 1. The summed E-state index contributed by atoms with van der Waals surface area (Å²) < 4.78 is 26.8. The summed E-state index contributed by atoms with van der Waals surface area (Å²) in [5.74, 6) is -2.48. The van der Waals surface area contributed by atoms with Crippen LogP contribution < -0.4 is 5.32 Å². The maximum atomic E-state index is 12.3. The number of esters is 1. The molecular weight excluding hydrogens is 757 g/mol. The predicted octanol–water partition coefficient (Wildman–Crippen LogP) is 10.9. The van der Waals surface area contributed by atoms with E-state index in [0.29, 0.717) is 19.3 Å². The largest absolute Gasteiger partial charge is 0.480 e. The summed E-state index contributed by atoms with van der Waals surface area (Å²) in [5, 5.41) is 21.8. The molecule has 4 N–H and O–H groups in total. The van der Waals surface area contributed by atoms with Crippen molar-refractivity contribution in [3.63, 3.8) is 0 Å². The van der Waals surface area contributed by atoms with Crippen molar-refractivity contribution in [2.75, 3.05) is 19.8 Å². The van der Waals surface area contributed by atoms with E-state index in [1.165, 1.54) is 12.8 Å². The molecule has 0 aliphatic carbocycles. The third kappa shape index (κ3) is 39.2. The molecule has 0 radical (unpaired) electrons. The molecule has 58 heavy (non-hydrogen) atoms. The Bertz CT molecular complexity index is 1350. The molecule has 0 rings (SSSR count). The Labute approximate surface area is 349 Å². The summed E-state index contributed by atoms with van der Waals surface area (Å²) in [7, 11) is -4.78. The van der Waals surface area contributed by atoms with Crippen molar-refractivity contribution in [2.24, 2.45) is 0 Å². The van der Waals surface area contributed by atoms with Crippen molar-refractivity contribution < 1.29 is 47.8 Å². The zero-order valence-electron chi connectivity index (χ0n) is 35.3. The molecule has 1 amide bonds. The van der Waals surface area contributed by atoms with Crippen LogP contribution in [0.1, 0.15) is 142 Å². The Kier molecular flexibility index (Phi) is 37.7. The summed E-state index contributed by atoms with van der Waals surface area (Å²) in [5.41, 5.74) is 0. The Morgan fingerprint density at radius 3 is 1.45 bits per heavy atom. The average Bonchev–Trinajstić information content (AvgIpc) is 3.20. The van der Waals surface area contributed by atoms with Crippen LogP contribution in [0.2, 0.25) is 0 Å². The molecule has 0 fully saturated rings. The zero-order valence-corrected chi connectivity index (χ0v) is 36.2. The van der Waals surface area contributed by atoms with E-state index in [1.807, 2.05) is 12.2 Å². The van der Waals surface area contributed by atoms with E-state index >= 15 is 0 Å². The lowest BCUT2D eigenvalue weighted by molar-refractivity contribution is -0.147. The molecule has 0 aromatic carbocycles. The number of allylic oxidation sites excluding steroid dienone is 16. The number of nitrogens with one attached hydrogen (secondary N) is 1. The van der Waals surface area contributed by atoms with Crippen LogP contribution in [0.15, 0.2) is 97.2 Å². The van der Waals surface area contributed by atoms with Gasteiger partial charge in [0.05, 0.1) is 13.2 Å². The van der Waals surface area contributed by atoms with Crippen LogP contribution in [0.25, 0.3) is 0 Å². The number of rotatable bonds is 38. The van der Waals surface area contributed by atoms with Crippen molar-refractivity contribution in [1.82, 2.24) is 5.32 Å². The first-order valence-corrected chi connectivity index (χ1v) is 22.8. The number of hydrogen-bond donors (Lipinski definition) is 4. The van der Waals surface area contributed by atoms with Crippen molar-refractivity contribution in [3.8, 4) is 0 Å². The molecule has 0 bridgehead atoms. The highest BCUT2D eigenvalue weighted by molar-refractivity contribution is 7.47. The summed E-state index contributed by atoms with van der Waals surface area (Å²) in [6, 6.07) is -1.58. The van der Waals surface area contributed by atoms with E-state index in [4.69, 9.17) is 13.8 Å². The molecule has 0 aromatic heterocycles. The number of carbonyl (C=O) groups excluding carboxylic acids is 2. The number of unbranched alkanes of at least 4 members (excludes halogenated alkanes) is 8. The minimum atomic E-state index is -4.78. The van der Waals surface area contributed by atoms with Gasteiger partial charge in [0, 0.05) is 12.8 Å². The normalized spacial score (nSPS) is 14.7. The number of carboxylic acids is 1. The van der Waals surface area contributed by atoms with Crippen molar-refractivity contribution >= 4 is 25.7 Å². The number of carbonyl (C=O) groups is 3. The Morgan fingerprint density at radius 2 is 0.966 bits per heavy atom. The van der Waals surface area contributed by atoms with Crippen molar-refractivity contribution in [2.45, 2.75) is 154 Å². The number of phosphoric acid groups is 1. The molecule has 0 heterocycles. The highest BCUT2D eigenvalue weighted by Gasteiger charge is 2.28. The molecule has 0 aromatic rings. The van der Waals surface area contributed by atoms with Gasteiger partial charge in [0.2, 0.25) is 5.91 Å². The highest BCUT2D eigenvalue weighted by Crippen LogP contribution is 2.43. The van der Waals surface area contributed by atoms with Gasteiger partial charge in [-0.3, -0.25) is 18.6 Å². The van der Waals surface area contributed by atoms with Crippen LogP contribution in [0.4, 0.5) is 0 Å². The van der Waals surface area contributed by atoms with Crippen molar-refractivity contribution in [3.05, 3.63) is 97.2 Å². The van der Waals surface area contributed by atoms with E-state index in [9.17, 15) is 34.1 Å². The summed E-state index contributed by atoms with van der Waals surface area (Å²) >= 11 is 0. The van der Waals surface area contributed by atoms with Crippen molar-refractivity contribution in [1.29, 1.82) is 0 Å². The second kappa shape index (κ2) is 40.2. The topological polar surface area (TPSA) is 169 Å². The quantitative estimate of drug-likeness (QED) is 0.0203. The minimum Gasteiger partial charge on any atom is -0.480 e. The number of ether oxygens (including phenoxy) is 1. The fourth-order valence-electron chi connectivity index (χ4n) is 5.13. The number of carboxylic acid groups (broad SMARTS) is 1. The van der Waals surface area contributed by atoms with Gasteiger partial charge in [-0.25, -0.2) is 9.36 Å². The summed E-state index contributed by atoms with van der Waals surface area (Å²) in [6.45, 7) is 2.29. The first-order valence-electron chi connectivity index (χ1n) is 21.3. The van der Waals surface area contributed by atoms with Gasteiger partial charge in [-0.2, -0.15) is 0 Å². The van der Waals surface area contributed by atoms with Crippen LogP contribution >= 0.6 is 7.82 Å². The number of hydrogen-bond acceptors (Lipinski definition) is 8. The van der Waals surface area contributed by atoms with Gasteiger partial charge in [0.15, 0.2) is 6.04 Å². The number of aliphatic carboxylic acids is 1. The standard InChI is InChI=1S/C46H74NO10P/c1-3-5-7-9-11-13-15-17-19-21-23-25-27-29-31-33-35-37-44(49)47-43(46(51)52)41-57-58(53,54)56-40-42(48)39-55-45(50)38-36-34-32-30-28-26-24-22-20-18-16-14-12-10-8-6-4-2/h5-8,11-14,17-20,23,25,29,31,42-43,48H,3-4,9-10,15-16,21-22,24,26-28,30,32-41H2,1-2H3,(H,47,49)(H,51,52)(H,53,54)/b7-5-,8-6-,13-11-,14-12-,19-17-,20-18-,25-23-,31-29-. The molecule has 3 atom stereocenters. The Hall–Kier alpha value is -3.60. The molecular formula is C46H74NO10P. The second-order valence-corrected chi connectivity index (χ2v) is 15.2. The lowest BCUT2D eigenvalue weighted by Gasteiger charge is -2.18. The van der Waals surface area contributed by atoms with Gasteiger partial charge in [-0.05, 0) is 83.5 Å². The first-order chi connectivity index (χ1) is 28.1. The van der Waals surface area contributed by atoms with E-state index in [2.05, 4.69) is 104 Å². The molecule has 0 saturated carbocycles. The molecule has 11 nitrogen and oxygen atoms in total. The van der Waals surface area contributed by atoms with Crippen LogP contribution in [0, 0.1) is 0 Å². The van der Waals surface area contributed by atoms with E-state index in [-0.39, 0.29) is 12.8 Å². The molecule has 3 unspecified atom stereocenters. The second-order valence-electron chi connectivity index (χ2n) is 13.8. The van der Waals surface area contributed by atoms with Gasteiger partial charge >= 0.3 is 19.8 Å². The fourth-order valence-corrected chi connectivity index (χ4v) is 5.90. The van der Waals surface area contributed by atoms with Crippen LogP contribution in [0.5, 0.6) is 0 Å². The zero-order chi connectivity index (χ0) is 42.8. The monoisotopic (exact) mass is 832 g/mol. The molecule has 0 spiro atoms. The van der Waals surface area contributed by atoms with Crippen LogP contribution in [0.3, 0.4) is 0 Å². The number of amides is 1. The Balaban J connectivity index is 4.02. The third-order valence-corrected chi connectivity index (χ3v) is 9.32. The number of phosphoric ester groups is 1. The lowest BCUT2D eigenvalue weighted by Crippen LogP contribution is -2.43. The van der Waals surface area contributed by atoms with E-state index in [0.717, 1.165) is 83.5 Å². The smallest absolute Gasteiger partial charge is 0.472 e. The van der Waals surface area contributed by atoms with E-state index < -0.39 is 57.6 Å². The van der Waals surface area contributed by atoms with E-state index in [1.54, 1.807) is 0 Å². The molecule has 328 valence electrons. The van der Waals surface area contributed by atoms with Crippen LogP contribution in [-0.2, 0) is 32.7 Å². The van der Waals surface area contributed by atoms with Gasteiger partial charge in [0.1, 0.15) is 12.7 Å². The minimum absolute atomic E-state index is 0.0609. The highest BCUT2D eigenvalue weighted by atomic mass is 31.2. The maximum absolute atomic E-state index is 12.3. The third-order valence-electron chi connectivity index (χ3n) is 8.37. The van der Waals surface area contributed by atoms with Gasteiger partial charge in [-0.15, -0.1) is 0 Å². The van der Waals surface area contributed by atoms with Gasteiger partial charge in [-0.1, -0.05) is 143 Å². The maximum Gasteiger partial charge on any atom is 0.472 e. The molecule has 0 aliphatic heterocycles. The first kappa shape index (κ1) is 54.4. The SMILES string of the molecule is CC/C=C\C/C=C\C/C=C\C/C=C\C/C=C\CCCC(=O)NC(COP(=O)(O)OCC(O)COC(=O)CCCCCCCCC/C=C\C/C=C\C/C=C\CC)C(=O)O.